The van der Waals surface area contributed by atoms with Crippen molar-refractivity contribution in [1.29, 1.82) is 0 Å². The Labute approximate surface area is 344 Å². The second kappa shape index (κ2) is 19.3. The third-order valence-electron chi connectivity index (χ3n) is 7.80. The van der Waals surface area contributed by atoms with Crippen LogP contribution in [-0.2, 0) is 36.1 Å². The molecular weight excluding hydrogens is 849 g/mol. The number of amides is 2. The van der Waals surface area contributed by atoms with Crippen LogP contribution in [0.4, 0.5) is 21.4 Å². The zero-order chi connectivity index (χ0) is 42.7. The van der Waals surface area contributed by atoms with Crippen molar-refractivity contribution in [2.24, 2.45) is 0 Å². The molecule has 6 rings (SSSR count). The third kappa shape index (κ3) is 11.8. The fraction of sp³-hybridized carbons (Fsp3) is 0.0811. The Kier molecular flexibility index (Phi) is 14.2. The molecule has 0 radical (unpaired) electrons. The van der Waals surface area contributed by atoms with E-state index < -0.39 is 61.7 Å². The van der Waals surface area contributed by atoms with Gasteiger partial charge in [-0.05, 0) is 59.7 Å². The first-order valence-corrected chi connectivity index (χ1v) is 21.4. The number of hydrogen-bond donors (Lipinski definition) is 8. The highest BCUT2D eigenvalue weighted by Crippen LogP contribution is 2.26. The van der Waals surface area contributed by atoms with Crippen LogP contribution >= 0.6 is 22.7 Å². The van der Waals surface area contributed by atoms with Gasteiger partial charge in [0.25, 0.3) is 31.9 Å². The number of rotatable bonds is 15. The van der Waals surface area contributed by atoms with E-state index >= 15 is 0 Å². The summed E-state index contributed by atoms with van der Waals surface area (Å²) < 4.78 is 54.2. The summed E-state index contributed by atoms with van der Waals surface area (Å²) in [4.78, 5) is 53.4. The largest absolute Gasteiger partial charge is 0.476 e. The third-order valence-corrected chi connectivity index (χ3v) is 12.3. The fourth-order valence-corrected chi connectivity index (χ4v) is 8.87. The summed E-state index contributed by atoms with van der Waals surface area (Å²) in [6, 6.07) is 27.8. The molecule has 2 amide bonds. The molecule has 0 bridgehead atoms. The number of benzene rings is 4. The number of nitrogens with zero attached hydrogens (tertiary/aromatic N) is 2. The molecule has 8 N–H and O–H groups in total. The molecule has 2 aromatic heterocycles. The van der Waals surface area contributed by atoms with Crippen LogP contribution in [0, 0.1) is 0 Å². The van der Waals surface area contributed by atoms with Gasteiger partial charge in [-0.2, -0.15) is 0 Å². The molecule has 0 aliphatic heterocycles. The Balaban J connectivity index is 0.000000224. The van der Waals surface area contributed by atoms with Crippen molar-refractivity contribution in [3.8, 4) is 0 Å². The molecule has 2 atom stereocenters. The van der Waals surface area contributed by atoms with Gasteiger partial charge in [0.05, 0.1) is 20.8 Å². The molecule has 0 spiro atoms. The van der Waals surface area contributed by atoms with E-state index in [2.05, 4.69) is 30.0 Å². The first-order valence-electron chi connectivity index (χ1n) is 16.7. The fourth-order valence-electron chi connectivity index (χ4n) is 4.89. The molecular formula is C37H32N6O12S4. The Morgan fingerprint density at radius 2 is 0.983 bits per heavy atom. The minimum atomic E-state index is -4.05. The van der Waals surface area contributed by atoms with Crippen LogP contribution in [0.1, 0.15) is 38.2 Å². The lowest BCUT2D eigenvalue weighted by molar-refractivity contribution is -0.124. The molecule has 0 saturated heterocycles. The van der Waals surface area contributed by atoms with Crippen molar-refractivity contribution >= 4 is 87.9 Å². The van der Waals surface area contributed by atoms with Crippen LogP contribution in [-0.4, -0.2) is 77.1 Å². The predicted octanol–water partition coefficient (Wildman–Crippen LogP) is 4.50. The Hall–Kier alpha value is -6.56. The molecule has 22 heteroatoms. The first kappa shape index (κ1) is 43.6. The van der Waals surface area contributed by atoms with Crippen LogP contribution < -0.4 is 20.1 Å². The number of carbonyl (C=O) groups excluding carboxylic acids is 2. The number of aliphatic hydroxyl groups excluding tert-OH is 2. The van der Waals surface area contributed by atoms with Crippen molar-refractivity contribution in [2.75, 3.05) is 20.1 Å². The normalized spacial score (nSPS) is 12.2. The molecule has 18 nitrogen and oxygen atoms in total. The van der Waals surface area contributed by atoms with Crippen molar-refractivity contribution < 1.29 is 56.4 Å². The number of carbonyl (C=O) groups is 4. The molecule has 2 heterocycles. The zero-order valence-corrected chi connectivity index (χ0v) is 33.3. The van der Waals surface area contributed by atoms with Gasteiger partial charge in [0.1, 0.15) is 16.1 Å². The van der Waals surface area contributed by atoms with Gasteiger partial charge in [-0.1, -0.05) is 60.7 Å². The smallest absolute Gasteiger partial charge is 0.357 e. The summed E-state index contributed by atoms with van der Waals surface area (Å²) in [6.07, 6.45) is -2.50. The van der Waals surface area contributed by atoms with E-state index in [0.717, 1.165) is 28.2 Å². The lowest BCUT2D eigenvalue weighted by Gasteiger charge is -2.12. The molecule has 59 heavy (non-hydrogen) atoms. The van der Waals surface area contributed by atoms with Crippen molar-refractivity contribution in [1.82, 2.24) is 9.97 Å². The van der Waals surface area contributed by atoms with E-state index in [0.29, 0.717) is 11.3 Å². The number of carboxylic acid groups (broad SMARTS) is 2. The standard InChI is InChI=1S/C19H17N3O6S2.C18H15N3O6S2/c23-15(10-12-4-2-1-3-5-12)17(24)21-13-6-8-14(9-7-13)30(27,28)22-18-16(19(25)26)20-11-29-18;22-15(11-4-2-1-3-5-11)16(23)20-12-6-8-13(9-7-12)29(26,27)21-17-14(18(24)25)19-10-28-17/h1-9,11,15,22-23H,10H2,(H,21,24)(H,25,26);1-10,15,21-22H,(H,20,23)(H,24,25). The van der Waals surface area contributed by atoms with Gasteiger partial charge in [0.15, 0.2) is 17.5 Å². The number of aromatic nitrogens is 2. The average Bonchev–Trinajstić information content (AvgIpc) is 3.88. The van der Waals surface area contributed by atoms with Crippen LogP contribution in [0.15, 0.2) is 130 Å². The zero-order valence-electron chi connectivity index (χ0n) is 30.0. The highest BCUT2D eigenvalue weighted by atomic mass is 32.2. The lowest BCUT2D eigenvalue weighted by atomic mass is 10.1. The van der Waals surface area contributed by atoms with Crippen LogP contribution in [0.5, 0.6) is 0 Å². The number of carboxylic acids is 2. The van der Waals surface area contributed by atoms with E-state index in [1.165, 1.54) is 59.6 Å². The van der Waals surface area contributed by atoms with E-state index in [1.807, 2.05) is 6.07 Å². The highest BCUT2D eigenvalue weighted by molar-refractivity contribution is 7.93. The number of anilines is 4. The molecule has 2 unspecified atom stereocenters. The van der Waals surface area contributed by atoms with Gasteiger partial charge in [0, 0.05) is 17.8 Å². The van der Waals surface area contributed by atoms with Gasteiger partial charge >= 0.3 is 11.9 Å². The quantitative estimate of drug-likeness (QED) is 0.0705. The van der Waals surface area contributed by atoms with Gasteiger partial charge in [-0.25, -0.2) is 36.4 Å². The van der Waals surface area contributed by atoms with Crippen molar-refractivity contribution in [3.05, 3.63) is 143 Å². The number of aliphatic hydroxyl groups is 2. The van der Waals surface area contributed by atoms with Gasteiger partial charge in [0.2, 0.25) is 0 Å². The maximum Gasteiger partial charge on any atom is 0.357 e. The molecule has 0 fully saturated rings. The highest BCUT2D eigenvalue weighted by Gasteiger charge is 2.23. The maximum atomic E-state index is 12.5. The summed E-state index contributed by atoms with van der Waals surface area (Å²) in [5.74, 6) is -3.98. The minimum absolute atomic E-state index is 0.107. The predicted molar refractivity (Wildman–Crippen MR) is 217 cm³/mol. The molecule has 0 aliphatic rings. The van der Waals surface area contributed by atoms with E-state index in [1.54, 1.807) is 54.6 Å². The topological polar surface area (TPSA) is 291 Å². The number of sulfonamides is 2. The summed E-state index contributed by atoms with van der Waals surface area (Å²) in [5.41, 5.74) is 3.47. The molecule has 0 aliphatic carbocycles. The SMILES string of the molecule is O=C(O)c1ncsc1NS(=O)(=O)c1ccc(NC(=O)C(O)Cc2ccccc2)cc1.O=C(O)c1ncsc1NS(=O)(=O)c1ccc(NC(=O)C(O)c2ccccc2)cc1. The summed E-state index contributed by atoms with van der Waals surface area (Å²) in [5, 5.41) is 43.0. The van der Waals surface area contributed by atoms with Crippen LogP contribution in [0.2, 0.25) is 0 Å². The van der Waals surface area contributed by atoms with E-state index in [9.17, 15) is 46.2 Å². The second-order valence-electron chi connectivity index (χ2n) is 11.9. The van der Waals surface area contributed by atoms with Crippen LogP contribution in [0.3, 0.4) is 0 Å². The molecule has 306 valence electrons. The van der Waals surface area contributed by atoms with Gasteiger partial charge < -0.3 is 31.1 Å². The number of nitrogens with one attached hydrogen (secondary N) is 4. The average molecular weight is 881 g/mol. The Bertz CT molecular complexity index is 2640. The Morgan fingerprint density at radius 1 is 0.576 bits per heavy atom. The van der Waals surface area contributed by atoms with Gasteiger partial charge in [-0.15, -0.1) is 22.7 Å². The minimum Gasteiger partial charge on any atom is -0.476 e. The lowest BCUT2D eigenvalue weighted by Crippen LogP contribution is -2.29. The van der Waals surface area contributed by atoms with Crippen molar-refractivity contribution in [2.45, 2.75) is 28.4 Å². The monoisotopic (exact) mass is 880 g/mol. The maximum absolute atomic E-state index is 12.5. The summed E-state index contributed by atoms with van der Waals surface area (Å²) in [7, 11) is -8.10. The summed E-state index contributed by atoms with van der Waals surface area (Å²) >= 11 is 1.69. The van der Waals surface area contributed by atoms with Gasteiger partial charge in [-0.3, -0.25) is 19.0 Å². The molecule has 0 saturated carbocycles. The van der Waals surface area contributed by atoms with E-state index in [-0.39, 0.29) is 37.6 Å². The number of aromatic carboxylic acids is 2. The number of thiazole rings is 2. The number of hydrogen-bond acceptors (Lipinski definition) is 14. The van der Waals surface area contributed by atoms with Crippen LogP contribution in [0.25, 0.3) is 0 Å². The summed E-state index contributed by atoms with van der Waals surface area (Å²) in [6.45, 7) is 0. The van der Waals surface area contributed by atoms with Crippen molar-refractivity contribution in [3.63, 3.8) is 0 Å². The Morgan fingerprint density at radius 3 is 1.41 bits per heavy atom. The molecule has 4 aromatic carbocycles. The first-order chi connectivity index (χ1) is 28.0. The van der Waals surface area contributed by atoms with E-state index in [4.69, 9.17) is 10.2 Å². The molecule has 6 aromatic rings. The second-order valence-corrected chi connectivity index (χ2v) is 17.0.